The summed E-state index contributed by atoms with van der Waals surface area (Å²) < 4.78 is 1.82. The van der Waals surface area contributed by atoms with Crippen molar-refractivity contribution in [2.24, 2.45) is 0 Å². The van der Waals surface area contributed by atoms with Crippen molar-refractivity contribution in [3.8, 4) is 0 Å². The number of unbranched alkanes of at least 4 members (excludes halogenated alkanes) is 1. The Hall–Kier alpha value is -0.660. The van der Waals surface area contributed by atoms with Crippen LogP contribution in [-0.2, 0) is 6.54 Å². The minimum atomic E-state index is 0.114. The van der Waals surface area contributed by atoms with E-state index in [0.29, 0.717) is 0 Å². The van der Waals surface area contributed by atoms with Gasteiger partial charge < -0.3 is 10.4 Å². The van der Waals surface area contributed by atoms with Gasteiger partial charge in [0.2, 0.25) is 5.16 Å². The van der Waals surface area contributed by atoms with Gasteiger partial charge in [-0.25, -0.2) is 4.68 Å². The van der Waals surface area contributed by atoms with Crippen molar-refractivity contribution in [1.29, 1.82) is 0 Å². The highest BCUT2D eigenvalue weighted by Gasteiger charge is 2.10. The lowest BCUT2D eigenvalue weighted by molar-refractivity contribution is 0.287. The molecule has 0 atom stereocenters. The van der Waals surface area contributed by atoms with Crippen LogP contribution in [0.1, 0.15) is 33.6 Å². The maximum absolute atomic E-state index is 8.71. The molecule has 18 heavy (non-hydrogen) atoms. The molecule has 0 fully saturated rings. The van der Waals surface area contributed by atoms with E-state index in [1.807, 2.05) is 4.68 Å². The summed E-state index contributed by atoms with van der Waals surface area (Å²) >= 11 is 1.64. The zero-order valence-electron chi connectivity index (χ0n) is 11.4. The van der Waals surface area contributed by atoms with Crippen molar-refractivity contribution < 1.29 is 5.11 Å². The molecular formula is C11H23N5OS. The number of hydrogen-bond donors (Lipinski definition) is 2. The van der Waals surface area contributed by atoms with E-state index in [1.165, 1.54) is 0 Å². The molecule has 0 aliphatic rings. The van der Waals surface area contributed by atoms with Gasteiger partial charge in [0.1, 0.15) is 0 Å². The number of hydrogen-bond acceptors (Lipinski definition) is 6. The largest absolute Gasteiger partial charge is 0.396 e. The number of aromatic nitrogens is 4. The fourth-order valence-electron chi connectivity index (χ4n) is 1.35. The Kier molecular flexibility index (Phi) is 6.59. The van der Waals surface area contributed by atoms with E-state index in [0.717, 1.165) is 36.8 Å². The molecule has 7 heteroatoms. The maximum Gasteiger partial charge on any atom is 0.209 e. The molecule has 0 aromatic carbocycles. The zero-order valence-corrected chi connectivity index (χ0v) is 12.2. The second kappa shape index (κ2) is 7.70. The molecule has 0 unspecified atom stereocenters. The monoisotopic (exact) mass is 273 g/mol. The van der Waals surface area contributed by atoms with Gasteiger partial charge >= 0.3 is 0 Å². The van der Waals surface area contributed by atoms with Crippen molar-refractivity contribution in [3.05, 3.63) is 0 Å². The van der Waals surface area contributed by atoms with Gasteiger partial charge in [-0.05, 0) is 44.0 Å². The highest BCUT2D eigenvalue weighted by Crippen LogP contribution is 2.15. The molecule has 1 heterocycles. The van der Waals surface area contributed by atoms with E-state index in [9.17, 15) is 0 Å². The quantitative estimate of drug-likeness (QED) is 0.542. The van der Waals surface area contributed by atoms with E-state index in [4.69, 9.17) is 5.11 Å². The van der Waals surface area contributed by atoms with E-state index >= 15 is 0 Å². The van der Waals surface area contributed by atoms with Crippen LogP contribution in [-0.4, -0.2) is 49.8 Å². The average molecular weight is 273 g/mol. The molecule has 1 aromatic heterocycles. The lowest BCUT2D eigenvalue weighted by atomic mass is 10.1. The Balaban J connectivity index is 2.31. The predicted octanol–water partition coefficient (Wildman–Crippen LogP) is 0.926. The third kappa shape index (κ3) is 6.32. The van der Waals surface area contributed by atoms with Crippen LogP contribution in [0.5, 0.6) is 0 Å². The average Bonchev–Trinajstić information content (AvgIpc) is 2.71. The Labute approximate surface area is 113 Å². The molecule has 0 aliphatic carbocycles. The summed E-state index contributed by atoms with van der Waals surface area (Å²) in [6, 6.07) is 0. The normalized spacial score (nSPS) is 12.0. The summed E-state index contributed by atoms with van der Waals surface area (Å²) in [6.45, 7) is 8.28. The molecule has 0 saturated heterocycles. The summed E-state index contributed by atoms with van der Waals surface area (Å²) in [6.07, 6.45) is 1.81. The number of nitrogens with zero attached hydrogens (tertiary/aromatic N) is 4. The summed E-state index contributed by atoms with van der Waals surface area (Å²) in [5.41, 5.74) is 0.114. The first-order valence-corrected chi connectivity index (χ1v) is 7.26. The molecule has 104 valence electrons. The van der Waals surface area contributed by atoms with Crippen LogP contribution in [0.15, 0.2) is 5.16 Å². The third-order valence-electron chi connectivity index (χ3n) is 2.26. The molecular weight excluding hydrogens is 250 g/mol. The van der Waals surface area contributed by atoms with Crippen LogP contribution >= 0.6 is 11.8 Å². The lowest BCUT2D eigenvalue weighted by Crippen LogP contribution is -2.38. The van der Waals surface area contributed by atoms with E-state index in [2.05, 4.69) is 41.6 Å². The highest BCUT2D eigenvalue weighted by atomic mass is 32.2. The van der Waals surface area contributed by atoms with Crippen molar-refractivity contribution >= 4 is 11.8 Å². The second-order valence-corrected chi connectivity index (χ2v) is 6.20. The van der Waals surface area contributed by atoms with E-state index < -0.39 is 0 Å². The van der Waals surface area contributed by atoms with E-state index in [1.54, 1.807) is 11.8 Å². The first-order valence-electron chi connectivity index (χ1n) is 6.28. The fraction of sp³-hybridized carbons (Fsp3) is 0.909. The SMILES string of the molecule is CC(C)(C)NCCn1nnnc1SCCCCO. The van der Waals surface area contributed by atoms with Crippen LogP contribution in [0.3, 0.4) is 0 Å². The van der Waals surface area contributed by atoms with Gasteiger partial charge in [0.15, 0.2) is 0 Å². The van der Waals surface area contributed by atoms with Crippen LogP contribution in [0, 0.1) is 0 Å². The van der Waals surface area contributed by atoms with Gasteiger partial charge in [0.05, 0.1) is 6.54 Å². The summed E-state index contributed by atoms with van der Waals surface area (Å²) in [5, 5.41) is 24.6. The Morgan fingerprint density at radius 1 is 1.33 bits per heavy atom. The molecule has 1 aromatic rings. The minimum Gasteiger partial charge on any atom is -0.396 e. The molecule has 6 nitrogen and oxygen atoms in total. The van der Waals surface area contributed by atoms with Crippen LogP contribution in [0.2, 0.25) is 0 Å². The topological polar surface area (TPSA) is 75.9 Å². The minimum absolute atomic E-state index is 0.114. The first kappa shape index (κ1) is 15.4. The smallest absolute Gasteiger partial charge is 0.209 e. The van der Waals surface area contributed by atoms with Gasteiger partial charge in [-0.3, -0.25) is 0 Å². The summed E-state index contributed by atoms with van der Waals surface area (Å²) in [7, 11) is 0. The number of aliphatic hydroxyl groups is 1. The number of tetrazole rings is 1. The Morgan fingerprint density at radius 2 is 2.11 bits per heavy atom. The maximum atomic E-state index is 8.71. The molecule has 2 N–H and O–H groups in total. The van der Waals surface area contributed by atoms with Gasteiger partial charge in [-0.2, -0.15) is 0 Å². The standard InChI is InChI=1S/C11H23N5OS/c1-11(2,3)12-6-7-16-10(13-14-15-16)18-9-5-4-8-17/h12,17H,4-9H2,1-3H3. The summed E-state index contributed by atoms with van der Waals surface area (Å²) in [4.78, 5) is 0. The van der Waals surface area contributed by atoms with Gasteiger partial charge in [0, 0.05) is 24.4 Å². The number of nitrogens with one attached hydrogen (secondary N) is 1. The van der Waals surface area contributed by atoms with E-state index in [-0.39, 0.29) is 12.1 Å². The molecule has 0 saturated carbocycles. The van der Waals surface area contributed by atoms with Gasteiger partial charge in [-0.1, -0.05) is 11.8 Å². The van der Waals surface area contributed by atoms with Crippen LogP contribution < -0.4 is 5.32 Å². The van der Waals surface area contributed by atoms with Gasteiger partial charge in [-0.15, -0.1) is 5.10 Å². The third-order valence-corrected chi connectivity index (χ3v) is 3.30. The van der Waals surface area contributed by atoms with Crippen LogP contribution in [0.25, 0.3) is 0 Å². The molecule has 0 radical (unpaired) electrons. The lowest BCUT2D eigenvalue weighted by Gasteiger charge is -2.20. The van der Waals surface area contributed by atoms with Crippen molar-refractivity contribution in [1.82, 2.24) is 25.5 Å². The second-order valence-electron chi connectivity index (χ2n) is 5.14. The predicted molar refractivity (Wildman–Crippen MR) is 72.6 cm³/mol. The first-order chi connectivity index (χ1) is 8.53. The molecule has 0 aliphatic heterocycles. The number of rotatable bonds is 8. The fourth-order valence-corrected chi connectivity index (χ4v) is 2.26. The zero-order chi connectivity index (χ0) is 13.4. The number of thioether (sulfide) groups is 1. The summed E-state index contributed by atoms with van der Waals surface area (Å²) in [5.74, 6) is 0.938. The molecule has 0 bridgehead atoms. The van der Waals surface area contributed by atoms with Crippen LogP contribution in [0.4, 0.5) is 0 Å². The Morgan fingerprint density at radius 3 is 2.78 bits per heavy atom. The molecule has 0 spiro atoms. The Bertz CT molecular complexity index is 336. The number of aliphatic hydroxyl groups excluding tert-OH is 1. The van der Waals surface area contributed by atoms with Gasteiger partial charge in [0.25, 0.3) is 0 Å². The molecule has 1 rings (SSSR count). The van der Waals surface area contributed by atoms with Crippen molar-refractivity contribution in [2.75, 3.05) is 18.9 Å². The molecule has 0 amide bonds. The van der Waals surface area contributed by atoms with Crippen molar-refractivity contribution in [3.63, 3.8) is 0 Å². The van der Waals surface area contributed by atoms with Crippen molar-refractivity contribution in [2.45, 2.75) is 50.9 Å². The highest BCUT2D eigenvalue weighted by molar-refractivity contribution is 7.99.